The maximum Gasteiger partial charge on any atom is 0.0586 e. The van der Waals surface area contributed by atoms with Gasteiger partial charge in [-0.25, -0.2) is 0 Å². The molecule has 1 saturated heterocycles. The molecule has 20 heavy (non-hydrogen) atoms. The Morgan fingerprint density at radius 1 is 1.15 bits per heavy atom. The third kappa shape index (κ3) is 3.33. The third-order valence-electron chi connectivity index (χ3n) is 4.72. The van der Waals surface area contributed by atoms with Crippen LogP contribution in [0.2, 0.25) is 0 Å². The summed E-state index contributed by atoms with van der Waals surface area (Å²) in [7, 11) is 1.82. The van der Waals surface area contributed by atoms with Crippen LogP contribution >= 0.6 is 0 Å². The fourth-order valence-electron chi connectivity index (χ4n) is 3.40. The van der Waals surface area contributed by atoms with Gasteiger partial charge < -0.3 is 15.0 Å². The molecule has 2 fully saturated rings. The Morgan fingerprint density at radius 2 is 1.90 bits per heavy atom. The molecule has 1 heterocycles. The van der Waals surface area contributed by atoms with Crippen molar-refractivity contribution in [2.75, 3.05) is 25.1 Å². The van der Waals surface area contributed by atoms with Crippen molar-refractivity contribution in [3.63, 3.8) is 0 Å². The van der Waals surface area contributed by atoms with Crippen LogP contribution in [0.15, 0.2) is 24.3 Å². The quantitative estimate of drug-likeness (QED) is 0.893. The molecule has 1 aliphatic carbocycles. The monoisotopic (exact) mass is 274 g/mol. The maximum atomic E-state index is 5.42. The summed E-state index contributed by atoms with van der Waals surface area (Å²) < 4.78 is 5.42. The molecule has 0 radical (unpaired) electrons. The van der Waals surface area contributed by atoms with Gasteiger partial charge in [0.1, 0.15) is 0 Å². The highest BCUT2D eigenvalue weighted by molar-refractivity contribution is 5.48. The van der Waals surface area contributed by atoms with Crippen molar-refractivity contribution < 1.29 is 4.74 Å². The van der Waals surface area contributed by atoms with Gasteiger partial charge in [0.05, 0.1) is 6.10 Å². The number of methoxy groups -OCH3 is 1. The molecular weight excluding hydrogens is 248 g/mol. The van der Waals surface area contributed by atoms with E-state index in [1.165, 1.54) is 50.0 Å². The zero-order valence-electron chi connectivity index (χ0n) is 12.5. The lowest BCUT2D eigenvalue weighted by molar-refractivity contribution is 0.107. The first-order valence-corrected chi connectivity index (χ1v) is 7.95. The lowest BCUT2D eigenvalue weighted by Crippen LogP contribution is -2.26. The summed E-state index contributed by atoms with van der Waals surface area (Å²) in [4.78, 5) is 2.48. The standard InChI is InChI=1S/C17H26N2O/c1-20-17-9-6-15(12-17)18-13-14-4-7-16(8-5-14)19-10-2-3-11-19/h4-5,7-8,15,17-18H,2-3,6,9-13H2,1H3. The molecule has 0 spiro atoms. The second kappa shape index (κ2) is 6.59. The predicted molar refractivity (Wildman–Crippen MR) is 83.2 cm³/mol. The predicted octanol–water partition coefficient (Wildman–Crippen LogP) is 2.94. The number of rotatable bonds is 5. The van der Waals surface area contributed by atoms with Gasteiger partial charge in [-0.1, -0.05) is 12.1 Å². The van der Waals surface area contributed by atoms with Crippen molar-refractivity contribution in [2.45, 2.75) is 50.8 Å². The first-order valence-electron chi connectivity index (χ1n) is 7.95. The van der Waals surface area contributed by atoms with Gasteiger partial charge in [-0.05, 0) is 49.8 Å². The van der Waals surface area contributed by atoms with Crippen LogP contribution in [0.5, 0.6) is 0 Å². The summed E-state index contributed by atoms with van der Waals surface area (Å²) in [5.41, 5.74) is 2.76. The normalized spacial score (nSPS) is 26.4. The Labute approximate surface area is 122 Å². The van der Waals surface area contributed by atoms with Gasteiger partial charge in [-0.15, -0.1) is 0 Å². The highest BCUT2D eigenvalue weighted by atomic mass is 16.5. The molecule has 3 nitrogen and oxygen atoms in total. The van der Waals surface area contributed by atoms with Gasteiger partial charge in [0.2, 0.25) is 0 Å². The topological polar surface area (TPSA) is 24.5 Å². The Bertz CT molecular complexity index is 412. The van der Waals surface area contributed by atoms with Gasteiger partial charge in [0, 0.05) is 38.5 Å². The van der Waals surface area contributed by atoms with Gasteiger partial charge in [-0.2, -0.15) is 0 Å². The van der Waals surface area contributed by atoms with Crippen molar-refractivity contribution in [2.24, 2.45) is 0 Å². The zero-order valence-corrected chi connectivity index (χ0v) is 12.5. The summed E-state index contributed by atoms with van der Waals surface area (Å²) in [5.74, 6) is 0. The van der Waals surface area contributed by atoms with Crippen LogP contribution in [0.25, 0.3) is 0 Å². The number of nitrogens with zero attached hydrogens (tertiary/aromatic N) is 1. The van der Waals surface area contributed by atoms with Crippen LogP contribution in [0.3, 0.4) is 0 Å². The largest absolute Gasteiger partial charge is 0.381 e. The van der Waals surface area contributed by atoms with E-state index in [-0.39, 0.29) is 0 Å². The van der Waals surface area contributed by atoms with Crippen molar-refractivity contribution in [1.29, 1.82) is 0 Å². The molecule has 3 heteroatoms. The summed E-state index contributed by atoms with van der Waals surface area (Å²) in [6, 6.07) is 9.70. The Balaban J connectivity index is 1.48. The number of anilines is 1. The number of ether oxygens (including phenoxy) is 1. The summed E-state index contributed by atoms with van der Waals surface area (Å²) in [6.45, 7) is 3.41. The first-order chi connectivity index (χ1) is 9.85. The molecule has 1 aromatic carbocycles. The minimum atomic E-state index is 0.463. The first kappa shape index (κ1) is 13.9. The molecule has 1 aliphatic heterocycles. The van der Waals surface area contributed by atoms with E-state index in [9.17, 15) is 0 Å². The summed E-state index contributed by atoms with van der Waals surface area (Å²) >= 11 is 0. The van der Waals surface area contributed by atoms with E-state index in [1.807, 2.05) is 7.11 Å². The van der Waals surface area contributed by atoms with Gasteiger partial charge >= 0.3 is 0 Å². The molecule has 0 amide bonds. The fraction of sp³-hybridized carbons (Fsp3) is 0.647. The Kier molecular flexibility index (Phi) is 4.58. The van der Waals surface area contributed by atoms with Gasteiger partial charge in [-0.3, -0.25) is 0 Å². The van der Waals surface area contributed by atoms with Crippen LogP contribution < -0.4 is 10.2 Å². The van der Waals surface area contributed by atoms with E-state index < -0.39 is 0 Å². The summed E-state index contributed by atoms with van der Waals surface area (Å²) in [6.07, 6.45) is 6.73. The molecule has 0 bridgehead atoms. The van der Waals surface area contributed by atoms with E-state index in [4.69, 9.17) is 4.74 Å². The third-order valence-corrected chi connectivity index (χ3v) is 4.72. The van der Waals surface area contributed by atoms with Crippen LogP contribution in [-0.4, -0.2) is 32.3 Å². The lowest BCUT2D eigenvalue weighted by Gasteiger charge is -2.18. The lowest BCUT2D eigenvalue weighted by atomic mass is 10.1. The molecule has 3 rings (SSSR count). The zero-order chi connectivity index (χ0) is 13.8. The second-order valence-corrected chi connectivity index (χ2v) is 6.11. The molecule has 1 N–H and O–H groups in total. The van der Waals surface area contributed by atoms with Crippen molar-refractivity contribution in [1.82, 2.24) is 5.32 Å². The van der Waals surface area contributed by atoms with Crippen molar-refractivity contribution in [3.05, 3.63) is 29.8 Å². The van der Waals surface area contributed by atoms with Crippen molar-refractivity contribution in [3.8, 4) is 0 Å². The SMILES string of the molecule is COC1CCC(NCc2ccc(N3CCCC3)cc2)C1. The van der Waals surface area contributed by atoms with Crippen LogP contribution in [-0.2, 0) is 11.3 Å². The Morgan fingerprint density at radius 3 is 2.55 bits per heavy atom. The highest BCUT2D eigenvalue weighted by Crippen LogP contribution is 2.23. The minimum absolute atomic E-state index is 0.463. The van der Waals surface area contributed by atoms with Gasteiger partial charge in [0.15, 0.2) is 0 Å². The van der Waals surface area contributed by atoms with Gasteiger partial charge in [0.25, 0.3) is 0 Å². The van der Waals surface area contributed by atoms with E-state index >= 15 is 0 Å². The molecular formula is C17H26N2O. The van der Waals surface area contributed by atoms with Crippen LogP contribution in [0.4, 0.5) is 5.69 Å². The Hall–Kier alpha value is -1.06. The summed E-state index contributed by atoms with van der Waals surface area (Å²) in [5, 5.41) is 3.66. The number of hydrogen-bond donors (Lipinski definition) is 1. The molecule has 2 unspecified atom stereocenters. The molecule has 1 aromatic rings. The van der Waals surface area contributed by atoms with E-state index in [2.05, 4.69) is 34.5 Å². The molecule has 0 aromatic heterocycles. The van der Waals surface area contributed by atoms with E-state index in [0.29, 0.717) is 12.1 Å². The van der Waals surface area contributed by atoms with Crippen LogP contribution in [0.1, 0.15) is 37.7 Å². The average molecular weight is 274 g/mol. The average Bonchev–Trinajstić information content (AvgIpc) is 3.17. The van der Waals surface area contributed by atoms with Crippen molar-refractivity contribution >= 4 is 5.69 Å². The molecule has 110 valence electrons. The highest BCUT2D eigenvalue weighted by Gasteiger charge is 2.23. The van der Waals surface area contributed by atoms with Crippen LogP contribution in [0, 0.1) is 0 Å². The smallest absolute Gasteiger partial charge is 0.0586 e. The molecule has 1 saturated carbocycles. The molecule has 2 atom stereocenters. The second-order valence-electron chi connectivity index (χ2n) is 6.11. The number of hydrogen-bond acceptors (Lipinski definition) is 3. The van der Waals surface area contributed by atoms with E-state index in [0.717, 1.165) is 13.0 Å². The van der Waals surface area contributed by atoms with E-state index in [1.54, 1.807) is 0 Å². The number of benzene rings is 1. The molecule has 2 aliphatic rings. The fourth-order valence-corrected chi connectivity index (χ4v) is 3.40. The minimum Gasteiger partial charge on any atom is -0.381 e. The maximum absolute atomic E-state index is 5.42. The number of nitrogens with one attached hydrogen (secondary N) is 1.